The summed E-state index contributed by atoms with van der Waals surface area (Å²) in [5.41, 5.74) is 2.29. The molecule has 1 fully saturated rings. The van der Waals surface area contributed by atoms with Crippen molar-refractivity contribution >= 4 is 17.7 Å². The van der Waals surface area contributed by atoms with Gasteiger partial charge in [-0.15, -0.1) is 10.2 Å². The second kappa shape index (κ2) is 9.21. The number of aromatic nitrogens is 3. The number of thioether (sulfide) groups is 1. The molecule has 0 radical (unpaired) electrons. The summed E-state index contributed by atoms with van der Waals surface area (Å²) in [6.07, 6.45) is 5.73. The van der Waals surface area contributed by atoms with Crippen molar-refractivity contribution in [3.05, 3.63) is 29.8 Å². The molecule has 1 aliphatic rings. The molecule has 26 heavy (non-hydrogen) atoms. The van der Waals surface area contributed by atoms with Crippen molar-refractivity contribution < 1.29 is 4.79 Å². The Morgan fingerprint density at radius 1 is 1.15 bits per heavy atom. The number of nitrogens with zero attached hydrogens (tertiary/aromatic N) is 4. The Balaban J connectivity index is 1.72. The molecule has 1 aromatic carbocycles. The number of hydrogen-bond donors (Lipinski definition) is 0. The molecule has 0 atom stereocenters. The Hall–Kier alpha value is -1.82. The topological polar surface area (TPSA) is 51.0 Å². The lowest BCUT2D eigenvalue weighted by Gasteiger charge is -2.19. The molecule has 140 valence electrons. The van der Waals surface area contributed by atoms with Gasteiger partial charge in [0.15, 0.2) is 11.0 Å². The molecule has 2 heterocycles. The van der Waals surface area contributed by atoms with Crippen molar-refractivity contribution in [1.29, 1.82) is 0 Å². The Morgan fingerprint density at radius 2 is 1.92 bits per heavy atom. The van der Waals surface area contributed by atoms with Crippen molar-refractivity contribution in [3.63, 3.8) is 0 Å². The molecule has 3 rings (SSSR count). The summed E-state index contributed by atoms with van der Waals surface area (Å²) < 4.78 is 2.15. The second-order valence-electron chi connectivity index (χ2n) is 6.91. The average molecular weight is 373 g/mol. The first-order valence-corrected chi connectivity index (χ1v) is 10.6. The van der Waals surface area contributed by atoms with Crippen molar-refractivity contribution in [3.8, 4) is 11.4 Å². The Labute approximate surface area is 160 Å². The summed E-state index contributed by atoms with van der Waals surface area (Å²) in [7, 11) is 0. The predicted octanol–water partition coefficient (Wildman–Crippen LogP) is 4.16. The van der Waals surface area contributed by atoms with Gasteiger partial charge in [-0.1, -0.05) is 55.3 Å². The first kappa shape index (κ1) is 19.0. The van der Waals surface area contributed by atoms with Crippen molar-refractivity contribution in [1.82, 2.24) is 19.7 Å². The quantitative estimate of drug-likeness (QED) is 0.715. The van der Waals surface area contributed by atoms with Crippen LogP contribution in [0.3, 0.4) is 0 Å². The molecule has 1 amide bonds. The van der Waals surface area contributed by atoms with Gasteiger partial charge in [-0.2, -0.15) is 0 Å². The van der Waals surface area contributed by atoms with Gasteiger partial charge in [0.2, 0.25) is 5.91 Å². The van der Waals surface area contributed by atoms with Crippen LogP contribution in [-0.2, 0) is 11.3 Å². The molecule has 1 aromatic heterocycles. The Morgan fingerprint density at radius 3 is 2.62 bits per heavy atom. The van der Waals surface area contributed by atoms with E-state index in [0.29, 0.717) is 5.75 Å². The smallest absolute Gasteiger partial charge is 0.233 e. The maximum Gasteiger partial charge on any atom is 0.233 e. The minimum Gasteiger partial charge on any atom is -0.342 e. The van der Waals surface area contributed by atoms with Gasteiger partial charge in [-0.05, 0) is 32.3 Å². The largest absolute Gasteiger partial charge is 0.342 e. The van der Waals surface area contributed by atoms with Gasteiger partial charge in [0.05, 0.1) is 5.75 Å². The molecule has 0 bridgehead atoms. The molecule has 5 nitrogen and oxygen atoms in total. The zero-order valence-corrected chi connectivity index (χ0v) is 16.6. The van der Waals surface area contributed by atoms with E-state index in [0.717, 1.165) is 55.4 Å². The fourth-order valence-electron chi connectivity index (χ4n) is 3.36. The molecule has 0 spiro atoms. The highest BCUT2D eigenvalue weighted by molar-refractivity contribution is 7.99. The Bertz CT molecular complexity index is 735. The lowest BCUT2D eigenvalue weighted by molar-refractivity contribution is -0.128. The van der Waals surface area contributed by atoms with Crippen LogP contribution in [0.5, 0.6) is 0 Å². The maximum absolute atomic E-state index is 12.6. The monoisotopic (exact) mass is 372 g/mol. The van der Waals surface area contributed by atoms with E-state index in [1.54, 1.807) is 0 Å². The molecule has 1 saturated heterocycles. The van der Waals surface area contributed by atoms with Gasteiger partial charge in [0, 0.05) is 25.2 Å². The molecule has 0 N–H and O–H groups in total. The number of amides is 1. The van der Waals surface area contributed by atoms with Crippen molar-refractivity contribution in [2.75, 3.05) is 18.8 Å². The zero-order chi connectivity index (χ0) is 18.4. The third-order valence-electron chi connectivity index (χ3n) is 4.72. The van der Waals surface area contributed by atoms with Crippen LogP contribution in [0.25, 0.3) is 11.4 Å². The van der Waals surface area contributed by atoms with E-state index in [2.05, 4.69) is 46.8 Å². The summed E-state index contributed by atoms with van der Waals surface area (Å²) >= 11 is 1.51. The summed E-state index contributed by atoms with van der Waals surface area (Å²) in [5.74, 6) is 1.55. The third kappa shape index (κ3) is 4.67. The fourth-order valence-corrected chi connectivity index (χ4v) is 4.22. The molecule has 2 aromatic rings. The number of hydrogen-bond acceptors (Lipinski definition) is 4. The number of carbonyl (C=O) groups is 1. The molecule has 6 heteroatoms. The molecular formula is C20H28N4OS. The zero-order valence-electron chi connectivity index (χ0n) is 15.8. The molecule has 0 saturated carbocycles. The summed E-state index contributed by atoms with van der Waals surface area (Å²) in [4.78, 5) is 14.6. The molecular weight excluding hydrogens is 344 g/mol. The van der Waals surface area contributed by atoms with E-state index >= 15 is 0 Å². The van der Waals surface area contributed by atoms with Crippen LogP contribution in [0.15, 0.2) is 29.4 Å². The number of likely N-dealkylation sites (tertiary alicyclic amines) is 1. The standard InChI is InChI=1S/C20H28N4OS/c1-3-11-24-19(17-10-8-9-16(2)14-17)21-22-20(24)26-15-18(25)23-12-6-4-5-7-13-23/h8-10,14H,3-7,11-13,15H2,1-2H3. The van der Waals surface area contributed by atoms with Crippen LogP contribution in [0, 0.1) is 6.92 Å². The lowest BCUT2D eigenvalue weighted by Crippen LogP contribution is -2.33. The maximum atomic E-state index is 12.6. The average Bonchev–Trinajstić information content (AvgIpc) is 2.85. The SMILES string of the molecule is CCCn1c(SCC(=O)N2CCCCCC2)nnc1-c1cccc(C)c1. The number of carbonyl (C=O) groups excluding carboxylic acids is 1. The van der Waals surface area contributed by atoms with E-state index in [1.165, 1.54) is 30.2 Å². The van der Waals surface area contributed by atoms with Crippen LogP contribution in [-0.4, -0.2) is 44.4 Å². The normalized spacial score (nSPS) is 15.1. The van der Waals surface area contributed by atoms with Gasteiger partial charge in [-0.3, -0.25) is 4.79 Å². The van der Waals surface area contributed by atoms with Crippen LogP contribution < -0.4 is 0 Å². The highest BCUT2D eigenvalue weighted by Gasteiger charge is 2.19. The van der Waals surface area contributed by atoms with Gasteiger partial charge in [-0.25, -0.2) is 0 Å². The van der Waals surface area contributed by atoms with E-state index in [1.807, 2.05) is 11.0 Å². The minimum atomic E-state index is 0.222. The van der Waals surface area contributed by atoms with Crippen molar-refractivity contribution in [2.45, 2.75) is 57.7 Å². The third-order valence-corrected chi connectivity index (χ3v) is 5.68. The number of rotatable bonds is 6. The predicted molar refractivity (Wildman–Crippen MR) is 106 cm³/mol. The minimum absolute atomic E-state index is 0.222. The van der Waals surface area contributed by atoms with Gasteiger partial charge < -0.3 is 9.47 Å². The van der Waals surface area contributed by atoms with Gasteiger partial charge in [0.25, 0.3) is 0 Å². The van der Waals surface area contributed by atoms with Gasteiger partial charge >= 0.3 is 0 Å². The van der Waals surface area contributed by atoms with Gasteiger partial charge in [0.1, 0.15) is 0 Å². The number of benzene rings is 1. The van der Waals surface area contributed by atoms with Crippen molar-refractivity contribution in [2.24, 2.45) is 0 Å². The number of aryl methyl sites for hydroxylation is 1. The van der Waals surface area contributed by atoms with Crippen LogP contribution >= 0.6 is 11.8 Å². The van der Waals surface area contributed by atoms with E-state index in [4.69, 9.17) is 0 Å². The first-order valence-electron chi connectivity index (χ1n) is 9.60. The van der Waals surface area contributed by atoms with E-state index < -0.39 is 0 Å². The second-order valence-corrected chi connectivity index (χ2v) is 7.85. The van der Waals surface area contributed by atoms with Crippen LogP contribution in [0.4, 0.5) is 0 Å². The van der Waals surface area contributed by atoms with Crippen LogP contribution in [0.1, 0.15) is 44.6 Å². The molecule has 0 unspecified atom stereocenters. The summed E-state index contributed by atoms with van der Waals surface area (Å²) in [6, 6.07) is 8.33. The lowest BCUT2D eigenvalue weighted by atomic mass is 10.1. The fraction of sp³-hybridized carbons (Fsp3) is 0.550. The molecule has 0 aliphatic carbocycles. The van der Waals surface area contributed by atoms with Crippen LogP contribution in [0.2, 0.25) is 0 Å². The highest BCUT2D eigenvalue weighted by atomic mass is 32.2. The highest BCUT2D eigenvalue weighted by Crippen LogP contribution is 2.25. The van der Waals surface area contributed by atoms with E-state index in [9.17, 15) is 4.79 Å². The first-order chi connectivity index (χ1) is 12.7. The molecule has 1 aliphatic heterocycles. The van der Waals surface area contributed by atoms with E-state index in [-0.39, 0.29) is 5.91 Å². The Kier molecular flexibility index (Phi) is 6.72. The summed E-state index contributed by atoms with van der Waals surface area (Å²) in [6.45, 7) is 6.89. The summed E-state index contributed by atoms with van der Waals surface area (Å²) in [5, 5.41) is 9.64.